The fourth-order valence-electron chi connectivity index (χ4n) is 1.55. The summed E-state index contributed by atoms with van der Waals surface area (Å²) in [5.74, 6) is 0.865. The molecule has 0 atom stereocenters. The minimum atomic E-state index is -0.315. The Balaban J connectivity index is 1.87. The molecule has 7 heteroatoms. The van der Waals surface area contributed by atoms with Crippen LogP contribution in [0.4, 0.5) is 5.00 Å². The van der Waals surface area contributed by atoms with Crippen LogP contribution in [0.1, 0.15) is 16.4 Å². The van der Waals surface area contributed by atoms with Crippen LogP contribution in [0, 0.1) is 6.92 Å². The average Bonchev–Trinajstić information content (AvgIpc) is 3.08. The zero-order valence-corrected chi connectivity index (χ0v) is 10.7. The van der Waals surface area contributed by atoms with Gasteiger partial charge in [-0.3, -0.25) is 4.79 Å². The Morgan fingerprint density at radius 2 is 2.32 bits per heavy atom. The first-order chi connectivity index (χ1) is 9.24. The maximum absolute atomic E-state index is 11.9. The van der Waals surface area contributed by atoms with Gasteiger partial charge in [-0.2, -0.15) is 4.98 Å². The van der Waals surface area contributed by atoms with Crippen LogP contribution in [0.15, 0.2) is 38.8 Å². The number of amides is 1. The molecule has 0 aliphatic heterocycles. The van der Waals surface area contributed by atoms with Crippen LogP contribution in [0.2, 0.25) is 0 Å². The predicted molar refractivity (Wildman–Crippen MR) is 69.0 cm³/mol. The van der Waals surface area contributed by atoms with Gasteiger partial charge in [0.15, 0.2) is 11.6 Å². The highest BCUT2D eigenvalue weighted by molar-refractivity contribution is 7.15. The smallest absolute Gasteiger partial charge is 0.291 e. The van der Waals surface area contributed by atoms with Crippen LogP contribution in [0.3, 0.4) is 0 Å². The molecule has 0 bridgehead atoms. The number of anilines is 1. The average molecular weight is 275 g/mol. The number of aromatic nitrogens is 2. The van der Waals surface area contributed by atoms with Gasteiger partial charge < -0.3 is 14.3 Å². The van der Waals surface area contributed by atoms with Crippen molar-refractivity contribution >= 4 is 22.2 Å². The minimum Gasteiger partial charge on any atom is -0.459 e. The standard InChI is InChI=1S/C12H9N3O3S/c1-7-13-11(18-15-7)8-4-6-19-12(8)14-10(16)9-3-2-5-17-9/h2-6H,1H3,(H,14,16). The van der Waals surface area contributed by atoms with Gasteiger partial charge in [0.25, 0.3) is 11.8 Å². The quantitative estimate of drug-likeness (QED) is 0.794. The first-order valence-electron chi connectivity index (χ1n) is 5.47. The van der Waals surface area contributed by atoms with Crippen LogP contribution >= 0.6 is 11.3 Å². The van der Waals surface area contributed by atoms with Gasteiger partial charge in [0.05, 0.1) is 11.8 Å². The molecule has 0 spiro atoms. The van der Waals surface area contributed by atoms with Crippen LogP contribution in [0.5, 0.6) is 0 Å². The number of carbonyl (C=O) groups excluding carboxylic acids is 1. The summed E-state index contributed by atoms with van der Waals surface area (Å²) in [5.41, 5.74) is 0.700. The summed E-state index contributed by atoms with van der Waals surface area (Å²) in [7, 11) is 0. The number of aryl methyl sites for hydroxylation is 1. The van der Waals surface area contributed by atoms with E-state index in [1.807, 2.05) is 11.4 Å². The molecule has 0 aliphatic carbocycles. The molecule has 0 aliphatic rings. The first-order valence-corrected chi connectivity index (χ1v) is 6.35. The second-order valence-electron chi connectivity index (χ2n) is 3.74. The number of rotatable bonds is 3. The topological polar surface area (TPSA) is 81.2 Å². The summed E-state index contributed by atoms with van der Waals surface area (Å²) in [4.78, 5) is 16.0. The Kier molecular flexibility index (Phi) is 2.88. The number of hydrogen-bond acceptors (Lipinski definition) is 6. The predicted octanol–water partition coefficient (Wildman–Crippen LogP) is 2.95. The van der Waals surface area contributed by atoms with Crippen LogP contribution in [-0.4, -0.2) is 16.0 Å². The van der Waals surface area contributed by atoms with Crippen molar-refractivity contribution < 1.29 is 13.7 Å². The van der Waals surface area contributed by atoms with E-state index in [0.29, 0.717) is 22.3 Å². The Labute approximate surface area is 112 Å². The van der Waals surface area contributed by atoms with Crippen molar-refractivity contribution in [3.8, 4) is 11.5 Å². The summed E-state index contributed by atoms with van der Waals surface area (Å²) in [6, 6.07) is 5.07. The number of hydrogen-bond donors (Lipinski definition) is 1. The molecule has 3 aromatic rings. The van der Waals surface area contributed by atoms with E-state index in [9.17, 15) is 4.79 Å². The van der Waals surface area contributed by atoms with Gasteiger partial charge in [0, 0.05) is 0 Å². The normalized spacial score (nSPS) is 10.6. The van der Waals surface area contributed by atoms with Gasteiger partial charge in [-0.1, -0.05) is 5.16 Å². The third-order valence-corrected chi connectivity index (χ3v) is 3.23. The third-order valence-electron chi connectivity index (χ3n) is 2.40. The monoisotopic (exact) mass is 275 g/mol. The molecule has 6 nitrogen and oxygen atoms in total. The van der Waals surface area contributed by atoms with E-state index in [1.54, 1.807) is 19.1 Å². The SMILES string of the molecule is Cc1noc(-c2ccsc2NC(=O)c2ccco2)n1. The van der Waals surface area contributed by atoms with Crippen molar-refractivity contribution in [2.75, 3.05) is 5.32 Å². The van der Waals surface area contributed by atoms with E-state index >= 15 is 0 Å². The molecule has 1 amide bonds. The van der Waals surface area contributed by atoms with Gasteiger partial charge in [-0.15, -0.1) is 11.3 Å². The fraction of sp³-hybridized carbons (Fsp3) is 0.0833. The van der Waals surface area contributed by atoms with Crippen molar-refractivity contribution in [3.05, 3.63) is 41.4 Å². The maximum atomic E-state index is 11.9. The molecule has 19 heavy (non-hydrogen) atoms. The zero-order chi connectivity index (χ0) is 13.2. The summed E-state index contributed by atoms with van der Waals surface area (Å²) in [6.45, 7) is 1.74. The Bertz CT molecular complexity index is 699. The summed E-state index contributed by atoms with van der Waals surface area (Å²) in [5, 5.41) is 8.97. The van der Waals surface area contributed by atoms with Crippen molar-refractivity contribution in [2.24, 2.45) is 0 Å². The minimum absolute atomic E-state index is 0.251. The van der Waals surface area contributed by atoms with Crippen LogP contribution < -0.4 is 5.32 Å². The van der Waals surface area contributed by atoms with Crippen molar-refractivity contribution in [1.82, 2.24) is 10.1 Å². The number of carbonyl (C=O) groups is 1. The Morgan fingerprint density at radius 3 is 3.00 bits per heavy atom. The molecule has 1 N–H and O–H groups in total. The van der Waals surface area contributed by atoms with Crippen LogP contribution in [0.25, 0.3) is 11.5 Å². The molecule has 3 heterocycles. The summed E-state index contributed by atoms with van der Waals surface area (Å²) in [6.07, 6.45) is 1.45. The molecule has 0 radical (unpaired) electrons. The van der Waals surface area contributed by atoms with Gasteiger partial charge in [-0.05, 0) is 30.5 Å². The lowest BCUT2D eigenvalue weighted by Crippen LogP contribution is -2.10. The highest BCUT2D eigenvalue weighted by atomic mass is 32.1. The van der Waals surface area contributed by atoms with E-state index in [-0.39, 0.29) is 11.7 Å². The van der Waals surface area contributed by atoms with Crippen molar-refractivity contribution in [3.63, 3.8) is 0 Å². The molecule has 0 aromatic carbocycles. The zero-order valence-electron chi connectivity index (χ0n) is 9.91. The molecule has 0 unspecified atom stereocenters. The summed E-state index contributed by atoms with van der Waals surface area (Å²) < 4.78 is 10.1. The molecule has 0 fully saturated rings. The largest absolute Gasteiger partial charge is 0.459 e. The molecule has 3 aromatic heterocycles. The molecule has 0 saturated carbocycles. The molecule has 96 valence electrons. The molecular weight excluding hydrogens is 266 g/mol. The summed E-state index contributed by atoms with van der Waals surface area (Å²) >= 11 is 1.38. The van der Waals surface area contributed by atoms with E-state index in [0.717, 1.165) is 0 Å². The van der Waals surface area contributed by atoms with Gasteiger partial charge in [0.1, 0.15) is 5.00 Å². The van der Waals surface area contributed by atoms with Crippen molar-refractivity contribution in [2.45, 2.75) is 6.92 Å². The fourth-order valence-corrected chi connectivity index (χ4v) is 2.33. The molecule has 3 rings (SSSR count). The molecule has 0 saturated heterocycles. The lowest BCUT2D eigenvalue weighted by atomic mass is 10.3. The second-order valence-corrected chi connectivity index (χ2v) is 4.66. The lowest BCUT2D eigenvalue weighted by Gasteiger charge is -2.01. The number of nitrogens with zero attached hydrogens (tertiary/aromatic N) is 2. The highest BCUT2D eigenvalue weighted by Gasteiger charge is 2.16. The number of nitrogens with one attached hydrogen (secondary N) is 1. The molecular formula is C12H9N3O3S. The van der Waals surface area contributed by atoms with Crippen LogP contribution in [-0.2, 0) is 0 Å². The Morgan fingerprint density at radius 1 is 1.42 bits per heavy atom. The van der Waals surface area contributed by atoms with E-state index in [4.69, 9.17) is 8.94 Å². The number of thiophene rings is 1. The maximum Gasteiger partial charge on any atom is 0.291 e. The first kappa shape index (κ1) is 11.7. The third kappa shape index (κ3) is 2.27. The van der Waals surface area contributed by atoms with E-state index in [1.165, 1.54) is 17.6 Å². The van der Waals surface area contributed by atoms with Crippen molar-refractivity contribution in [1.29, 1.82) is 0 Å². The highest BCUT2D eigenvalue weighted by Crippen LogP contribution is 2.32. The Hall–Kier alpha value is -2.41. The van der Waals surface area contributed by atoms with E-state index < -0.39 is 0 Å². The second kappa shape index (κ2) is 4.69. The number of furan rings is 1. The van der Waals surface area contributed by atoms with E-state index in [2.05, 4.69) is 15.5 Å². The van der Waals surface area contributed by atoms with Gasteiger partial charge in [0.2, 0.25) is 0 Å². The van der Waals surface area contributed by atoms with Gasteiger partial charge in [-0.25, -0.2) is 0 Å². The van der Waals surface area contributed by atoms with Gasteiger partial charge >= 0.3 is 0 Å². The lowest BCUT2D eigenvalue weighted by molar-refractivity contribution is 0.0997.